The lowest BCUT2D eigenvalue weighted by atomic mass is 9.95. The fourth-order valence-corrected chi connectivity index (χ4v) is 2.77. The number of likely N-dealkylation sites (tertiary alicyclic amines) is 1. The summed E-state index contributed by atoms with van der Waals surface area (Å²) in [5.41, 5.74) is 0.861. The molecule has 0 aromatic carbocycles. The highest BCUT2D eigenvalue weighted by Gasteiger charge is 2.27. The van der Waals surface area contributed by atoms with Gasteiger partial charge in [0.15, 0.2) is 0 Å². The topological polar surface area (TPSA) is 84.4 Å². The van der Waals surface area contributed by atoms with Gasteiger partial charge in [-0.1, -0.05) is 0 Å². The second kappa shape index (κ2) is 8.57. The highest BCUT2D eigenvalue weighted by molar-refractivity contribution is 5.80. The molecule has 0 radical (unpaired) electrons. The first-order valence-electron chi connectivity index (χ1n) is 7.92. The molecule has 0 unspecified atom stereocenters. The van der Waals surface area contributed by atoms with Crippen LogP contribution in [-0.2, 0) is 20.7 Å². The maximum Gasteiger partial charge on any atom is 0.248 e. The predicted octanol–water partition coefficient (Wildman–Crippen LogP) is 0.409. The highest BCUT2D eigenvalue weighted by atomic mass is 16.5. The molecule has 1 atom stereocenters. The van der Waals surface area contributed by atoms with Gasteiger partial charge < -0.3 is 15.0 Å². The molecule has 0 aliphatic carbocycles. The van der Waals surface area contributed by atoms with Crippen molar-refractivity contribution in [3.63, 3.8) is 0 Å². The van der Waals surface area contributed by atoms with Gasteiger partial charge in [0.25, 0.3) is 0 Å². The predicted molar refractivity (Wildman–Crippen MR) is 84.5 cm³/mol. The van der Waals surface area contributed by atoms with E-state index in [9.17, 15) is 9.59 Å². The Balaban J connectivity index is 1.75. The number of methoxy groups -OCH3 is 1. The number of carbonyl (C=O) groups excluding carboxylic acids is 2. The summed E-state index contributed by atoms with van der Waals surface area (Å²) in [6.45, 7) is 3.29. The molecule has 126 valence electrons. The summed E-state index contributed by atoms with van der Waals surface area (Å²) < 4.78 is 4.86. The first kappa shape index (κ1) is 17.3. The van der Waals surface area contributed by atoms with E-state index in [1.165, 1.54) is 7.11 Å². The van der Waals surface area contributed by atoms with Crippen molar-refractivity contribution < 1.29 is 14.3 Å². The Kier molecular flexibility index (Phi) is 6.46. The number of piperidine rings is 1. The van der Waals surface area contributed by atoms with Crippen molar-refractivity contribution in [2.45, 2.75) is 32.2 Å². The third-order valence-electron chi connectivity index (χ3n) is 4.01. The van der Waals surface area contributed by atoms with Crippen LogP contribution in [0.25, 0.3) is 0 Å². The number of ether oxygens (including phenoxy) is 1. The van der Waals surface area contributed by atoms with Crippen LogP contribution in [-0.4, -0.2) is 59.5 Å². The van der Waals surface area contributed by atoms with Crippen LogP contribution < -0.4 is 5.32 Å². The molecule has 1 fully saturated rings. The molecule has 2 amide bonds. The van der Waals surface area contributed by atoms with Gasteiger partial charge in [-0.25, -0.2) is 0 Å². The molecule has 1 saturated heterocycles. The van der Waals surface area contributed by atoms with Crippen molar-refractivity contribution in [2.75, 3.05) is 26.8 Å². The van der Waals surface area contributed by atoms with Crippen LogP contribution in [0.15, 0.2) is 18.6 Å². The van der Waals surface area contributed by atoms with Gasteiger partial charge in [-0.3, -0.25) is 19.6 Å². The van der Waals surface area contributed by atoms with E-state index in [4.69, 9.17) is 4.74 Å². The first-order chi connectivity index (χ1) is 11.1. The smallest absolute Gasteiger partial charge is 0.248 e. The molecule has 2 heterocycles. The van der Waals surface area contributed by atoms with E-state index in [-0.39, 0.29) is 30.4 Å². The van der Waals surface area contributed by atoms with Gasteiger partial charge in [-0.15, -0.1) is 0 Å². The van der Waals surface area contributed by atoms with E-state index in [0.29, 0.717) is 32.4 Å². The molecular weight excluding hydrogens is 296 g/mol. The van der Waals surface area contributed by atoms with E-state index < -0.39 is 0 Å². The second-order valence-corrected chi connectivity index (χ2v) is 5.90. The number of rotatable bonds is 6. The van der Waals surface area contributed by atoms with Crippen molar-refractivity contribution in [3.05, 3.63) is 24.3 Å². The summed E-state index contributed by atoms with van der Waals surface area (Å²) in [6.07, 6.45) is 7.04. The van der Waals surface area contributed by atoms with Gasteiger partial charge in [0, 0.05) is 57.2 Å². The molecule has 1 aliphatic heterocycles. The van der Waals surface area contributed by atoms with E-state index >= 15 is 0 Å². The minimum absolute atomic E-state index is 0.00681. The second-order valence-electron chi connectivity index (χ2n) is 5.90. The van der Waals surface area contributed by atoms with Gasteiger partial charge in [0.2, 0.25) is 11.8 Å². The molecule has 0 bridgehead atoms. The van der Waals surface area contributed by atoms with Crippen LogP contribution in [0.4, 0.5) is 0 Å². The van der Waals surface area contributed by atoms with E-state index in [2.05, 4.69) is 15.3 Å². The Morgan fingerprint density at radius 1 is 1.39 bits per heavy atom. The highest BCUT2D eigenvalue weighted by Crippen LogP contribution is 2.18. The number of amides is 2. The van der Waals surface area contributed by atoms with Crippen molar-refractivity contribution in [3.8, 4) is 0 Å². The van der Waals surface area contributed by atoms with Crippen molar-refractivity contribution in [1.29, 1.82) is 0 Å². The van der Waals surface area contributed by atoms with Gasteiger partial charge in [-0.2, -0.15) is 0 Å². The van der Waals surface area contributed by atoms with Gasteiger partial charge in [-0.05, 0) is 19.8 Å². The summed E-state index contributed by atoms with van der Waals surface area (Å²) in [7, 11) is 1.51. The average Bonchev–Trinajstić information content (AvgIpc) is 2.56. The summed E-state index contributed by atoms with van der Waals surface area (Å²) in [5.74, 6) is 0.00788. The van der Waals surface area contributed by atoms with Gasteiger partial charge in [0.05, 0.1) is 5.69 Å². The number of aromatic nitrogens is 2. The molecule has 7 heteroatoms. The SMILES string of the molecule is COCC(=O)N1CCC(C(=O)N[C@H](C)Cc2cnccn2)CC1. The Bertz CT molecular complexity index is 515. The number of nitrogens with one attached hydrogen (secondary N) is 1. The summed E-state index contributed by atoms with van der Waals surface area (Å²) >= 11 is 0. The Morgan fingerprint density at radius 3 is 2.74 bits per heavy atom. The Labute approximate surface area is 136 Å². The Morgan fingerprint density at radius 2 is 2.13 bits per heavy atom. The van der Waals surface area contributed by atoms with Crippen molar-refractivity contribution >= 4 is 11.8 Å². The zero-order valence-corrected chi connectivity index (χ0v) is 13.7. The largest absolute Gasteiger partial charge is 0.375 e. The maximum absolute atomic E-state index is 12.3. The minimum atomic E-state index is -0.0362. The first-order valence-corrected chi connectivity index (χ1v) is 7.92. The molecule has 7 nitrogen and oxygen atoms in total. The van der Waals surface area contributed by atoms with Gasteiger partial charge >= 0.3 is 0 Å². The zero-order valence-electron chi connectivity index (χ0n) is 13.7. The number of hydrogen-bond donors (Lipinski definition) is 1. The molecule has 2 rings (SSSR count). The standard InChI is InChI=1S/C16H24N4O3/c1-12(9-14-10-17-5-6-18-14)19-16(22)13-3-7-20(8-4-13)15(21)11-23-2/h5-6,10,12-13H,3-4,7-9,11H2,1-2H3,(H,19,22)/t12-/m1/s1. The normalized spacial score (nSPS) is 16.9. The number of carbonyl (C=O) groups is 2. The molecule has 0 spiro atoms. The van der Waals surface area contributed by atoms with Gasteiger partial charge in [0.1, 0.15) is 6.61 Å². The van der Waals surface area contributed by atoms with Crippen molar-refractivity contribution in [1.82, 2.24) is 20.2 Å². The minimum Gasteiger partial charge on any atom is -0.375 e. The number of nitrogens with zero attached hydrogens (tertiary/aromatic N) is 3. The quantitative estimate of drug-likeness (QED) is 0.820. The van der Waals surface area contributed by atoms with Crippen LogP contribution in [0, 0.1) is 5.92 Å². The zero-order chi connectivity index (χ0) is 16.7. The van der Waals surface area contributed by atoms with Crippen LogP contribution >= 0.6 is 0 Å². The van der Waals surface area contributed by atoms with E-state index in [1.807, 2.05) is 6.92 Å². The summed E-state index contributed by atoms with van der Waals surface area (Å²) in [5, 5.41) is 3.03. The van der Waals surface area contributed by atoms with Crippen LogP contribution in [0.2, 0.25) is 0 Å². The molecule has 1 aromatic heterocycles. The lowest BCUT2D eigenvalue weighted by molar-refractivity contribution is -0.138. The fraction of sp³-hybridized carbons (Fsp3) is 0.625. The van der Waals surface area contributed by atoms with Crippen LogP contribution in [0.5, 0.6) is 0 Å². The third kappa shape index (κ3) is 5.28. The fourth-order valence-electron chi connectivity index (χ4n) is 2.77. The molecule has 1 aliphatic rings. The molecule has 0 saturated carbocycles. The summed E-state index contributed by atoms with van der Waals surface area (Å²) in [4.78, 5) is 34.1. The maximum atomic E-state index is 12.3. The monoisotopic (exact) mass is 320 g/mol. The van der Waals surface area contributed by atoms with Crippen LogP contribution in [0.3, 0.4) is 0 Å². The van der Waals surface area contributed by atoms with E-state index in [1.54, 1.807) is 23.5 Å². The number of hydrogen-bond acceptors (Lipinski definition) is 5. The summed E-state index contributed by atoms with van der Waals surface area (Å²) in [6, 6.07) is 0.00681. The lowest BCUT2D eigenvalue weighted by Crippen LogP contribution is -2.46. The molecule has 1 aromatic rings. The average molecular weight is 320 g/mol. The lowest BCUT2D eigenvalue weighted by Gasteiger charge is -2.31. The Hall–Kier alpha value is -2.02. The molecular formula is C16H24N4O3. The third-order valence-corrected chi connectivity index (χ3v) is 4.01. The van der Waals surface area contributed by atoms with Crippen LogP contribution in [0.1, 0.15) is 25.5 Å². The van der Waals surface area contributed by atoms with E-state index in [0.717, 1.165) is 5.69 Å². The molecule has 23 heavy (non-hydrogen) atoms. The van der Waals surface area contributed by atoms with Crippen molar-refractivity contribution in [2.24, 2.45) is 5.92 Å². The molecule has 1 N–H and O–H groups in total.